The maximum Gasteiger partial charge on any atom is 0.161 e. The molecular weight excluding hydrogens is 268 g/mol. The summed E-state index contributed by atoms with van der Waals surface area (Å²) in [7, 11) is 1.94. The molecule has 8 heteroatoms. The molecule has 1 atom stereocenters. The number of nitrogens with two attached hydrogens (primary N) is 1. The van der Waals surface area contributed by atoms with Crippen LogP contribution in [-0.4, -0.2) is 37.2 Å². The Labute approximate surface area is 121 Å². The van der Waals surface area contributed by atoms with Crippen molar-refractivity contribution in [3.8, 4) is 0 Å². The molecule has 3 aromatic heterocycles. The van der Waals surface area contributed by atoms with Gasteiger partial charge in [0, 0.05) is 19.4 Å². The molecule has 0 aliphatic rings. The minimum Gasteiger partial charge on any atom is -0.382 e. The second-order valence-corrected chi connectivity index (χ2v) is 4.84. The Morgan fingerprint density at radius 1 is 1.24 bits per heavy atom. The third-order valence-corrected chi connectivity index (χ3v) is 3.47. The van der Waals surface area contributed by atoms with Crippen molar-refractivity contribution in [2.24, 2.45) is 0 Å². The normalized spacial score (nSPS) is 12.5. The van der Waals surface area contributed by atoms with E-state index in [2.05, 4.69) is 30.1 Å². The summed E-state index contributed by atoms with van der Waals surface area (Å²) >= 11 is 0. The lowest BCUT2D eigenvalue weighted by Crippen LogP contribution is -2.25. The summed E-state index contributed by atoms with van der Waals surface area (Å²) in [6.07, 6.45) is 4.93. The number of nitrogens with zero attached hydrogens (tertiary/aromatic N) is 6. The second kappa shape index (κ2) is 4.97. The maximum atomic E-state index is 5.91. The highest BCUT2D eigenvalue weighted by molar-refractivity contribution is 5.86. The van der Waals surface area contributed by atoms with Crippen LogP contribution in [0.5, 0.6) is 0 Å². The monoisotopic (exact) mass is 284 g/mol. The summed E-state index contributed by atoms with van der Waals surface area (Å²) < 4.78 is 0. The van der Waals surface area contributed by atoms with Gasteiger partial charge in [-0.2, -0.15) is 5.10 Å². The van der Waals surface area contributed by atoms with Crippen molar-refractivity contribution in [3.05, 3.63) is 30.1 Å². The Hall–Kier alpha value is -2.77. The van der Waals surface area contributed by atoms with E-state index in [4.69, 9.17) is 5.73 Å². The number of aromatic nitrogens is 6. The molecule has 0 fully saturated rings. The largest absolute Gasteiger partial charge is 0.382 e. The molecule has 3 heterocycles. The van der Waals surface area contributed by atoms with Gasteiger partial charge in [0.1, 0.15) is 23.2 Å². The van der Waals surface area contributed by atoms with Gasteiger partial charge in [0.25, 0.3) is 0 Å². The number of rotatable bonds is 3. The molecule has 8 nitrogen and oxygen atoms in total. The van der Waals surface area contributed by atoms with Crippen molar-refractivity contribution in [2.45, 2.75) is 19.9 Å². The summed E-state index contributed by atoms with van der Waals surface area (Å²) in [5, 5.41) is 7.75. The maximum absolute atomic E-state index is 5.91. The summed E-state index contributed by atoms with van der Waals surface area (Å²) in [6, 6.07) is -0.0777. The molecule has 0 radical (unpaired) electrons. The van der Waals surface area contributed by atoms with Crippen LogP contribution in [0.15, 0.2) is 18.6 Å². The first kappa shape index (κ1) is 13.2. The fourth-order valence-corrected chi connectivity index (χ4v) is 2.25. The third-order valence-electron chi connectivity index (χ3n) is 3.47. The summed E-state index contributed by atoms with van der Waals surface area (Å²) in [6.45, 7) is 3.85. The molecule has 0 saturated heterocycles. The van der Waals surface area contributed by atoms with E-state index in [1.807, 2.05) is 25.8 Å². The third kappa shape index (κ3) is 2.24. The number of aromatic amines is 1. The van der Waals surface area contributed by atoms with Crippen LogP contribution in [0.2, 0.25) is 0 Å². The summed E-state index contributed by atoms with van der Waals surface area (Å²) in [5.41, 5.74) is 7.34. The molecule has 21 heavy (non-hydrogen) atoms. The van der Waals surface area contributed by atoms with E-state index in [-0.39, 0.29) is 6.04 Å². The second-order valence-electron chi connectivity index (χ2n) is 4.84. The van der Waals surface area contributed by atoms with Crippen LogP contribution < -0.4 is 10.6 Å². The lowest BCUT2D eigenvalue weighted by atomic mass is 10.2. The van der Waals surface area contributed by atoms with E-state index >= 15 is 0 Å². The fraction of sp³-hybridized carbons (Fsp3) is 0.308. The highest BCUT2D eigenvalue weighted by atomic mass is 15.2. The van der Waals surface area contributed by atoms with Gasteiger partial charge in [-0.15, -0.1) is 0 Å². The van der Waals surface area contributed by atoms with Gasteiger partial charge in [0.15, 0.2) is 5.65 Å². The number of fused-ring (bicyclic) bond motifs is 1. The first-order valence-electron chi connectivity index (χ1n) is 6.55. The Morgan fingerprint density at radius 2 is 2.00 bits per heavy atom. The summed E-state index contributed by atoms with van der Waals surface area (Å²) in [4.78, 5) is 19.2. The van der Waals surface area contributed by atoms with Gasteiger partial charge in [-0.05, 0) is 13.8 Å². The Balaban J connectivity index is 2.06. The lowest BCUT2D eigenvalue weighted by molar-refractivity contribution is 0.703. The van der Waals surface area contributed by atoms with Gasteiger partial charge in [-0.3, -0.25) is 10.1 Å². The predicted octanol–water partition coefficient (Wildman–Crippen LogP) is 1.23. The van der Waals surface area contributed by atoms with Crippen LogP contribution in [0.25, 0.3) is 11.0 Å². The molecule has 0 saturated carbocycles. The van der Waals surface area contributed by atoms with Crippen molar-refractivity contribution in [2.75, 3.05) is 17.7 Å². The highest BCUT2D eigenvalue weighted by Crippen LogP contribution is 2.29. The first-order valence-corrected chi connectivity index (χ1v) is 6.55. The van der Waals surface area contributed by atoms with E-state index < -0.39 is 0 Å². The number of nitrogen functional groups attached to an aromatic ring is 1. The number of hydrogen-bond donors (Lipinski definition) is 2. The number of aryl methyl sites for hydroxylation is 1. The molecule has 0 amide bonds. The quantitative estimate of drug-likeness (QED) is 0.744. The Bertz CT molecular complexity index is 781. The average Bonchev–Trinajstić information content (AvgIpc) is 2.93. The van der Waals surface area contributed by atoms with E-state index in [0.29, 0.717) is 23.0 Å². The minimum atomic E-state index is -0.0777. The smallest absolute Gasteiger partial charge is 0.161 e. The van der Waals surface area contributed by atoms with E-state index in [0.717, 1.165) is 11.2 Å². The molecule has 108 valence electrons. The molecule has 3 N–H and O–H groups in total. The Morgan fingerprint density at radius 3 is 2.76 bits per heavy atom. The topological polar surface area (TPSA) is 110 Å². The van der Waals surface area contributed by atoms with Gasteiger partial charge in [-0.1, -0.05) is 0 Å². The highest BCUT2D eigenvalue weighted by Gasteiger charge is 2.20. The zero-order chi connectivity index (χ0) is 15.0. The number of H-pyrrole nitrogens is 1. The zero-order valence-corrected chi connectivity index (χ0v) is 12.1. The van der Waals surface area contributed by atoms with Crippen LogP contribution in [-0.2, 0) is 0 Å². The summed E-state index contributed by atoms with van der Waals surface area (Å²) in [5.74, 6) is 1.88. The molecule has 0 aliphatic heterocycles. The van der Waals surface area contributed by atoms with Crippen LogP contribution in [0, 0.1) is 6.92 Å². The molecule has 0 spiro atoms. The van der Waals surface area contributed by atoms with E-state index in [1.54, 1.807) is 18.6 Å². The van der Waals surface area contributed by atoms with Gasteiger partial charge in [0.2, 0.25) is 0 Å². The number of anilines is 2. The molecule has 0 unspecified atom stereocenters. The molecule has 0 aromatic carbocycles. The van der Waals surface area contributed by atoms with Gasteiger partial charge >= 0.3 is 0 Å². The SMILES string of the molecule is Cc1nc(N(C)[C@@H](C)c2nccnc2N)c2cn[nH]c2n1. The first-order chi connectivity index (χ1) is 10.1. The molecule has 0 aliphatic carbocycles. The number of nitrogens with one attached hydrogen (secondary N) is 1. The van der Waals surface area contributed by atoms with Crippen LogP contribution in [0.1, 0.15) is 24.5 Å². The fourth-order valence-electron chi connectivity index (χ4n) is 2.25. The average molecular weight is 284 g/mol. The van der Waals surface area contributed by atoms with E-state index in [1.165, 1.54) is 0 Å². The van der Waals surface area contributed by atoms with Crippen LogP contribution in [0.4, 0.5) is 11.6 Å². The zero-order valence-electron chi connectivity index (χ0n) is 12.1. The van der Waals surface area contributed by atoms with Gasteiger partial charge < -0.3 is 10.6 Å². The van der Waals surface area contributed by atoms with Crippen LogP contribution in [0.3, 0.4) is 0 Å². The van der Waals surface area contributed by atoms with Crippen LogP contribution >= 0.6 is 0 Å². The molecule has 3 rings (SSSR count). The van der Waals surface area contributed by atoms with Crippen molar-refractivity contribution >= 4 is 22.7 Å². The van der Waals surface area contributed by atoms with Crippen molar-refractivity contribution in [1.82, 2.24) is 30.1 Å². The number of hydrogen-bond acceptors (Lipinski definition) is 7. The lowest BCUT2D eigenvalue weighted by Gasteiger charge is -2.26. The molecule has 3 aromatic rings. The van der Waals surface area contributed by atoms with Crippen molar-refractivity contribution < 1.29 is 0 Å². The molecular formula is C13H16N8. The van der Waals surface area contributed by atoms with Gasteiger partial charge in [-0.25, -0.2) is 15.0 Å². The standard InChI is InChI=1S/C13H16N8/c1-7(10-11(14)16-5-4-15-10)21(3)13-9-6-17-20-12(9)18-8(2)19-13/h4-7H,1-3H3,(H2,14,16)(H,17,18,19,20)/t7-/m0/s1. The predicted molar refractivity (Wildman–Crippen MR) is 79.7 cm³/mol. The Kier molecular flexibility index (Phi) is 3.13. The van der Waals surface area contributed by atoms with Crippen molar-refractivity contribution in [1.29, 1.82) is 0 Å². The van der Waals surface area contributed by atoms with E-state index in [9.17, 15) is 0 Å². The van der Waals surface area contributed by atoms with Crippen molar-refractivity contribution in [3.63, 3.8) is 0 Å². The van der Waals surface area contributed by atoms with Gasteiger partial charge in [0.05, 0.1) is 17.6 Å². The minimum absolute atomic E-state index is 0.0777. The molecule has 0 bridgehead atoms.